The van der Waals surface area contributed by atoms with Gasteiger partial charge in [0.05, 0.1) is 16.6 Å². The highest BCUT2D eigenvalue weighted by molar-refractivity contribution is 9.10. The second-order valence-electron chi connectivity index (χ2n) is 9.19. The summed E-state index contributed by atoms with van der Waals surface area (Å²) in [7, 11) is 1.51. The summed E-state index contributed by atoms with van der Waals surface area (Å²) in [5.74, 6) is 1.25. The van der Waals surface area contributed by atoms with Gasteiger partial charge in [0.15, 0.2) is 17.3 Å². The van der Waals surface area contributed by atoms with Crippen LogP contribution in [0.5, 0.6) is 11.5 Å². The number of hydrogen-bond donors (Lipinski definition) is 1. The number of benzene rings is 3. The van der Waals surface area contributed by atoms with E-state index in [1.165, 1.54) is 37.9 Å². The molecule has 12 heteroatoms. The van der Waals surface area contributed by atoms with E-state index in [-0.39, 0.29) is 23.0 Å². The molecule has 5 rings (SSSR count). The van der Waals surface area contributed by atoms with Crippen LogP contribution in [0.3, 0.4) is 0 Å². The van der Waals surface area contributed by atoms with Gasteiger partial charge in [0.1, 0.15) is 18.5 Å². The number of Topliss-reactive ketones (excluding diaryl/α,β-unsaturated/α-hetero) is 1. The normalized spacial score (nSPS) is 14.5. The molecule has 0 fully saturated rings. The lowest BCUT2D eigenvalue weighted by atomic mass is 9.93. The number of anilines is 1. The highest BCUT2D eigenvalue weighted by Gasteiger charge is 2.34. The third-order valence-electron chi connectivity index (χ3n) is 6.52. The van der Waals surface area contributed by atoms with E-state index in [0.717, 1.165) is 5.56 Å². The maximum atomic E-state index is 14.3. The number of ketones is 1. The maximum absolute atomic E-state index is 14.3. The Morgan fingerprint density at radius 2 is 1.93 bits per heavy atom. The molecule has 1 aliphatic rings. The Morgan fingerprint density at radius 1 is 1.17 bits per heavy atom. The van der Waals surface area contributed by atoms with Crippen LogP contribution in [0.15, 0.2) is 75.5 Å². The van der Waals surface area contributed by atoms with Crippen LogP contribution in [0.2, 0.25) is 10.0 Å². The van der Waals surface area contributed by atoms with Crippen molar-refractivity contribution in [2.75, 3.05) is 12.4 Å². The molecule has 3 aromatic carbocycles. The summed E-state index contributed by atoms with van der Waals surface area (Å²) in [6.45, 7) is 3.24. The molecule has 1 aliphatic heterocycles. The number of fused-ring (bicyclic) bond motifs is 1. The molecule has 212 valence electrons. The average Bonchev–Trinajstić information content (AvgIpc) is 3.34. The van der Waals surface area contributed by atoms with E-state index in [9.17, 15) is 9.18 Å². The van der Waals surface area contributed by atoms with Crippen LogP contribution >= 0.6 is 50.9 Å². The minimum Gasteiger partial charge on any atom is -0.493 e. The number of rotatable bonds is 9. The van der Waals surface area contributed by atoms with Gasteiger partial charge in [0.25, 0.3) is 0 Å². The molecule has 2 heterocycles. The fourth-order valence-corrected chi connectivity index (χ4v) is 6.47. The van der Waals surface area contributed by atoms with Crippen molar-refractivity contribution in [3.05, 3.63) is 103 Å². The Kier molecular flexibility index (Phi) is 8.94. The van der Waals surface area contributed by atoms with Crippen LogP contribution in [0.1, 0.15) is 36.6 Å². The highest BCUT2D eigenvalue weighted by Crippen LogP contribution is 2.43. The van der Waals surface area contributed by atoms with Gasteiger partial charge < -0.3 is 14.8 Å². The number of nitrogens with zero attached hydrogens (tertiary/aromatic N) is 3. The summed E-state index contributed by atoms with van der Waals surface area (Å²) in [6.07, 6.45) is 0. The molecule has 0 saturated carbocycles. The largest absolute Gasteiger partial charge is 0.493 e. The van der Waals surface area contributed by atoms with Crippen LogP contribution in [-0.4, -0.2) is 27.7 Å². The SMILES string of the molecule is COc1cc(C2C(C(C)=O)=C(C)Nc3nc(SCc4ccccc4Cl)nn32)cc(Br)c1OCc1c(F)cccc1Cl. The quantitative estimate of drug-likeness (QED) is 0.179. The molecule has 7 nitrogen and oxygen atoms in total. The van der Waals surface area contributed by atoms with E-state index in [0.29, 0.717) is 54.7 Å². The molecule has 1 aromatic heterocycles. The van der Waals surface area contributed by atoms with Crippen molar-refractivity contribution in [3.8, 4) is 11.5 Å². The molecule has 0 spiro atoms. The van der Waals surface area contributed by atoms with Crippen molar-refractivity contribution in [2.24, 2.45) is 0 Å². The molecule has 0 amide bonds. The Hall–Kier alpha value is -3.05. The second-order valence-corrected chi connectivity index (χ2v) is 11.8. The van der Waals surface area contributed by atoms with E-state index in [1.54, 1.807) is 16.8 Å². The van der Waals surface area contributed by atoms with Crippen molar-refractivity contribution in [2.45, 2.75) is 37.4 Å². The third-order valence-corrected chi connectivity index (χ3v) is 8.72. The first-order valence-electron chi connectivity index (χ1n) is 12.4. The van der Waals surface area contributed by atoms with E-state index < -0.39 is 11.9 Å². The van der Waals surface area contributed by atoms with Gasteiger partial charge in [-0.1, -0.05) is 59.2 Å². The first-order valence-corrected chi connectivity index (χ1v) is 15.0. The van der Waals surface area contributed by atoms with Crippen LogP contribution in [0, 0.1) is 5.82 Å². The minimum atomic E-state index is -0.592. The summed E-state index contributed by atoms with van der Waals surface area (Å²) >= 11 is 17.5. The lowest BCUT2D eigenvalue weighted by Gasteiger charge is -2.28. The lowest BCUT2D eigenvalue weighted by Crippen LogP contribution is -2.28. The van der Waals surface area contributed by atoms with E-state index in [2.05, 4.69) is 26.2 Å². The molecule has 0 aliphatic carbocycles. The third kappa shape index (κ3) is 6.11. The second kappa shape index (κ2) is 12.4. The van der Waals surface area contributed by atoms with Crippen molar-refractivity contribution >= 4 is 62.6 Å². The highest BCUT2D eigenvalue weighted by atomic mass is 79.9. The van der Waals surface area contributed by atoms with Gasteiger partial charge in [-0.2, -0.15) is 4.98 Å². The van der Waals surface area contributed by atoms with Gasteiger partial charge in [0.2, 0.25) is 11.1 Å². The molecule has 1 unspecified atom stereocenters. The number of ether oxygens (including phenoxy) is 2. The molecule has 4 aromatic rings. The summed E-state index contributed by atoms with van der Waals surface area (Å²) in [6, 6.07) is 15.1. The Labute approximate surface area is 259 Å². The van der Waals surface area contributed by atoms with Gasteiger partial charge in [-0.15, -0.1) is 5.10 Å². The van der Waals surface area contributed by atoms with Gasteiger partial charge in [-0.3, -0.25) is 4.79 Å². The van der Waals surface area contributed by atoms with Crippen molar-refractivity contribution < 1.29 is 18.7 Å². The molecule has 0 bridgehead atoms. The van der Waals surface area contributed by atoms with Crippen molar-refractivity contribution in [1.82, 2.24) is 14.8 Å². The number of nitrogens with one attached hydrogen (secondary N) is 1. The van der Waals surface area contributed by atoms with Gasteiger partial charge in [-0.05, 0) is 71.2 Å². The molecule has 0 saturated heterocycles. The van der Waals surface area contributed by atoms with Crippen LogP contribution in [-0.2, 0) is 17.2 Å². The number of allylic oxidation sites excluding steroid dienone is 2. The number of carbonyl (C=O) groups is 1. The van der Waals surface area contributed by atoms with Crippen LogP contribution < -0.4 is 14.8 Å². The van der Waals surface area contributed by atoms with Gasteiger partial charge in [-0.25, -0.2) is 9.07 Å². The predicted molar refractivity (Wildman–Crippen MR) is 163 cm³/mol. The van der Waals surface area contributed by atoms with Gasteiger partial charge >= 0.3 is 0 Å². The number of halogens is 4. The zero-order valence-electron chi connectivity index (χ0n) is 22.2. The Morgan fingerprint density at radius 3 is 2.63 bits per heavy atom. The summed E-state index contributed by atoms with van der Waals surface area (Å²) in [5.41, 5.74) is 3.12. The molecule has 1 N–H and O–H groups in total. The fourth-order valence-electron chi connectivity index (χ4n) is 4.57. The van der Waals surface area contributed by atoms with E-state index in [1.807, 2.05) is 37.3 Å². The smallest absolute Gasteiger partial charge is 0.227 e. The average molecular weight is 678 g/mol. The van der Waals surface area contributed by atoms with E-state index in [4.69, 9.17) is 37.8 Å². The molecule has 0 radical (unpaired) electrons. The molecular formula is C29H24BrCl2FN4O3S. The monoisotopic (exact) mass is 676 g/mol. The summed E-state index contributed by atoms with van der Waals surface area (Å²) in [4.78, 5) is 17.6. The zero-order valence-corrected chi connectivity index (χ0v) is 26.1. The van der Waals surface area contributed by atoms with Gasteiger partial charge in [0, 0.05) is 27.6 Å². The van der Waals surface area contributed by atoms with Crippen molar-refractivity contribution in [3.63, 3.8) is 0 Å². The van der Waals surface area contributed by atoms with E-state index >= 15 is 0 Å². The topological polar surface area (TPSA) is 78.3 Å². The fraction of sp³-hybridized carbons (Fsp3) is 0.207. The van der Waals surface area contributed by atoms with Crippen molar-refractivity contribution in [1.29, 1.82) is 0 Å². The maximum Gasteiger partial charge on any atom is 0.227 e. The summed E-state index contributed by atoms with van der Waals surface area (Å²) < 4.78 is 28.2. The number of carbonyl (C=O) groups excluding carboxylic acids is 1. The Bertz CT molecular complexity index is 1660. The summed E-state index contributed by atoms with van der Waals surface area (Å²) in [5, 5.41) is 9.44. The molecule has 1 atom stereocenters. The minimum absolute atomic E-state index is 0.107. The standard InChI is InChI=1S/C29H24BrCl2FN4O3S/c1-15-25(16(2)38)26(37-28(34-15)35-29(36-37)41-14-17-7-4-5-8-21(17)31)18-11-20(30)27(24(12-18)39-3)40-13-19-22(32)9-6-10-23(19)33/h4-12,26H,13-14H2,1-3H3,(H,34,35,36). The Balaban J connectivity index is 1.50. The number of methoxy groups -OCH3 is 1. The number of hydrogen-bond acceptors (Lipinski definition) is 7. The number of aromatic nitrogens is 3. The lowest BCUT2D eigenvalue weighted by molar-refractivity contribution is -0.114. The molecule has 41 heavy (non-hydrogen) atoms. The number of thioether (sulfide) groups is 1. The van der Waals surface area contributed by atoms with Crippen LogP contribution in [0.25, 0.3) is 0 Å². The first kappa shape index (κ1) is 29.4. The van der Waals surface area contributed by atoms with Crippen LogP contribution in [0.4, 0.5) is 10.3 Å². The predicted octanol–water partition coefficient (Wildman–Crippen LogP) is 8.24. The first-order chi connectivity index (χ1) is 19.7. The zero-order chi connectivity index (χ0) is 29.3. The molecular weight excluding hydrogens is 654 g/mol.